The zero-order valence-corrected chi connectivity index (χ0v) is 27.6. The van der Waals surface area contributed by atoms with Crippen LogP contribution < -0.4 is 4.90 Å². The third-order valence-electron chi connectivity index (χ3n) is 8.85. The number of carbonyl (C=O) groups is 2. The first-order chi connectivity index (χ1) is 22.6. The van der Waals surface area contributed by atoms with E-state index in [1.54, 1.807) is 41.3 Å². The summed E-state index contributed by atoms with van der Waals surface area (Å²) in [6.07, 6.45) is 2.05. The second-order valence-electron chi connectivity index (χ2n) is 11.9. The maximum Gasteiger partial charge on any atom is 0.243 e. The van der Waals surface area contributed by atoms with Crippen LogP contribution in [0.5, 0.6) is 0 Å². The number of Topliss-reactive ketones (excluding diaryl/α,β-unsaturated/α-hetero) is 1. The molecule has 0 bridgehead atoms. The summed E-state index contributed by atoms with van der Waals surface area (Å²) in [6.45, 7) is 10.8. The third-order valence-corrected chi connectivity index (χ3v) is 9.10. The molecular weight excluding hydrogens is 620 g/mol. The van der Waals surface area contributed by atoms with E-state index in [2.05, 4.69) is 18.4 Å². The zero-order chi connectivity index (χ0) is 33.5. The van der Waals surface area contributed by atoms with Gasteiger partial charge >= 0.3 is 0 Å². The molecule has 0 unspecified atom stereocenters. The van der Waals surface area contributed by atoms with Crippen molar-refractivity contribution >= 4 is 29.0 Å². The fourth-order valence-corrected chi connectivity index (χ4v) is 6.25. The van der Waals surface area contributed by atoms with Crippen LogP contribution >= 0.6 is 11.6 Å². The molecule has 9 heteroatoms. The first-order valence-electron chi connectivity index (χ1n) is 16.0. The van der Waals surface area contributed by atoms with Crippen molar-refractivity contribution in [3.63, 3.8) is 0 Å². The van der Waals surface area contributed by atoms with Gasteiger partial charge in [0.25, 0.3) is 0 Å². The predicted octanol–water partition coefficient (Wildman–Crippen LogP) is 8.55. The fourth-order valence-electron chi connectivity index (χ4n) is 6.12. The molecule has 6 nitrogen and oxygen atoms in total. The first-order valence-corrected chi connectivity index (χ1v) is 16.4. The largest absolute Gasteiger partial charge is 0.459 e. The van der Waals surface area contributed by atoms with E-state index in [1.807, 2.05) is 29.2 Å². The molecule has 0 spiro atoms. The Morgan fingerprint density at radius 2 is 1.70 bits per heavy atom. The lowest BCUT2D eigenvalue weighted by Crippen LogP contribution is -2.49. The molecule has 0 atom stereocenters. The van der Waals surface area contributed by atoms with Crippen LogP contribution in [0, 0.1) is 11.6 Å². The minimum atomic E-state index is -0.913. The Balaban J connectivity index is 1.43. The van der Waals surface area contributed by atoms with E-state index in [1.165, 1.54) is 19.1 Å². The maximum absolute atomic E-state index is 14.5. The average Bonchev–Trinajstić information content (AvgIpc) is 3.55. The SMILES string of the molecule is C=C(CCc1cccc(F)c1F)N(CC(=O)N(Cc1ccc(-c2ccc(Cl)cc2)o1)C1CCN(CC)CC1)c1ccccc1C(C)=O. The number of hydrogen-bond acceptors (Lipinski definition) is 5. The quantitative estimate of drug-likeness (QED) is 0.135. The third kappa shape index (κ3) is 8.37. The van der Waals surface area contributed by atoms with E-state index >= 15 is 0 Å². The number of halogens is 3. The van der Waals surface area contributed by atoms with Crippen LogP contribution in [-0.4, -0.2) is 53.7 Å². The second-order valence-corrected chi connectivity index (χ2v) is 12.3. The molecule has 1 saturated heterocycles. The van der Waals surface area contributed by atoms with Crippen molar-refractivity contribution in [2.24, 2.45) is 0 Å². The highest BCUT2D eigenvalue weighted by Gasteiger charge is 2.31. The summed E-state index contributed by atoms with van der Waals surface area (Å²) in [5.74, 6) is -0.786. The summed E-state index contributed by atoms with van der Waals surface area (Å²) in [4.78, 5) is 33.1. The number of piperidine rings is 1. The molecule has 1 aliphatic rings. The van der Waals surface area contributed by atoms with Gasteiger partial charge in [0.15, 0.2) is 17.4 Å². The number of anilines is 1. The highest BCUT2D eigenvalue weighted by atomic mass is 35.5. The Bertz CT molecular complexity index is 1710. The number of carbonyl (C=O) groups excluding carboxylic acids is 2. The summed E-state index contributed by atoms with van der Waals surface area (Å²) < 4.78 is 34.7. The highest BCUT2D eigenvalue weighted by molar-refractivity contribution is 6.30. The normalized spacial score (nSPS) is 13.8. The monoisotopic (exact) mass is 659 g/mol. The van der Waals surface area contributed by atoms with Crippen molar-refractivity contribution in [3.05, 3.63) is 125 Å². The van der Waals surface area contributed by atoms with Crippen LogP contribution in [0.15, 0.2) is 95.6 Å². The van der Waals surface area contributed by atoms with E-state index in [0.717, 1.165) is 44.1 Å². The van der Waals surface area contributed by atoms with Crippen molar-refractivity contribution in [2.45, 2.75) is 52.1 Å². The van der Waals surface area contributed by atoms with Crippen LogP contribution in [0.25, 0.3) is 11.3 Å². The van der Waals surface area contributed by atoms with Crippen molar-refractivity contribution in [3.8, 4) is 11.3 Å². The predicted molar refractivity (Wildman–Crippen MR) is 182 cm³/mol. The zero-order valence-electron chi connectivity index (χ0n) is 26.9. The van der Waals surface area contributed by atoms with E-state index in [9.17, 15) is 18.4 Å². The molecule has 0 saturated carbocycles. The summed E-state index contributed by atoms with van der Waals surface area (Å²) >= 11 is 6.08. The molecule has 1 fully saturated rings. The van der Waals surface area contributed by atoms with Crippen LogP contribution in [0.2, 0.25) is 5.02 Å². The van der Waals surface area contributed by atoms with Crippen LogP contribution in [0.1, 0.15) is 54.8 Å². The van der Waals surface area contributed by atoms with Crippen LogP contribution in [-0.2, 0) is 17.8 Å². The summed E-state index contributed by atoms with van der Waals surface area (Å²) in [7, 11) is 0. The minimum Gasteiger partial charge on any atom is -0.459 e. The van der Waals surface area contributed by atoms with Gasteiger partial charge in [-0.1, -0.05) is 49.4 Å². The Hall–Kier alpha value is -4.27. The Kier molecular flexibility index (Phi) is 11.3. The number of ketones is 1. The Labute approximate surface area is 280 Å². The molecule has 0 aliphatic carbocycles. The van der Waals surface area contributed by atoms with Crippen molar-refractivity contribution < 1.29 is 22.8 Å². The van der Waals surface area contributed by atoms with Gasteiger partial charge in [0.05, 0.1) is 12.2 Å². The molecule has 3 aromatic carbocycles. The summed E-state index contributed by atoms with van der Waals surface area (Å²) in [5, 5.41) is 0.634. The van der Waals surface area contributed by atoms with Gasteiger partial charge < -0.3 is 19.1 Å². The van der Waals surface area contributed by atoms with Gasteiger partial charge in [-0.2, -0.15) is 0 Å². The van der Waals surface area contributed by atoms with Crippen LogP contribution in [0.4, 0.5) is 14.5 Å². The second kappa shape index (κ2) is 15.5. The van der Waals surface area contributed by atoms with Gasteiger partial charge in [0, 0.05) is 41.0 Å². The molecule has 246 valence electrons. The Morgan fingerprint density at radius 1 is 0.979 bits per heavy atom. The lowest BCUT2D eigenvalue weighted by molar-refractivity contribution is -0.134. The molecular formula is C38H40ClF2N3O3. The number of rotatable bonds is 13. The van der Waals surface area contributed by atoms with Gasteiger partial charge in [0.2, 0.25) is 5.91 Å². The Morgan fingerprint density at radius 3 is 2.40 bits per heavy atom. The number of para-hydroxylation sites is 1. The number of likely N-dealkylation sites (tertiary alicyclic amines) is 1. The van der Waals surface area contributed by atoms with Crippen LogP contribution in [0.3, 0.4) is 0 Å². The molecule has 4 aromatic rings. The van der Waals surface area contributed by atoms with E-state index in [4.69, 9.17) is 16.0 Å². The van der Waals surface area contributed by atoms with Gasteiger partial charge in [0.1, 0.15) is 18.1 Å². The minimum absolute atomic E-state index is 0.0195. The number of allylic oxidation sites excluding steroid dienone is 1. The topological polar surface area (TPSA) is 57.0 Å². The molecule has 5 rings (SSSR count). The molecule has 1 amide bonds. The van der Waals surface area contributed by atoms with Crippen molar-refractivity contribution in [2.75, 3.05) is 31.1 Å². The molecule has 0 radical (unpaired) electrons. The summed E-state index contributed by atoms with van der Waals surface area (Å²) in [5.41, 5.74) is 2.60. The number of benzene rings is 3. The standard InChI is InChI=1S/C38H40ClF2N3O3/c1-4-42-22-20-31(21-23-42)44(24-32-18-19-36(47-32)28-14-16-30(39)17-15-28)37(46)25-43(35-11-6-5-9-33(35)27(3)45)26(2)12-13-29-8-7-10-34(40)38(29)41/h5-11,14-19,31H,2,4,12-13,20-25H2,1,3H3. The molecule has 1 aliphatic heterocycles. The molecule has 1 aromatic heterocycles. The van der Waals surface area contributed by atoms with Gasteiger partial charge in [-0.25, -0.2) is 8.78 Å². The number of nitrogens with zero attached hydrogens (tertiary/aromatic N) is 3. The van der Waals surface area contributed by atoms with E-state index in [-0.39, 0.29) is 49.2 Å². The lowest BCUT2D eigenvalue weighted by atomic mass is 10.0. The molecule has 47 heavy (non-hydrogen) atoms. The van der Waals surface area contributed by atoms with Gasteiger partial charge in [-0.3, -0.25) is 9.59 Å². The number of amides is 1. The molecule has 0 N–H and O–H groups in total. The fraction of sp³-hybridized carbons (Fsp3) is 0.316. The van der Waals surface area contributed by atoms with E-state index < -0.39 is 11.6 Å². The van der Waals surface area contributed by atoms with Crippen molar-refractivity contribution in [1.82, 2.24) is 9.80 Å². The smallest absolute Gasteiger partial charge is 0.243 e. The summed E-state index contributed by atoms with van der Waals surface area (Å²) in [6, 6.07) is 22.3. The number of hydrogen-bond donors (Lipinski definition) is 0. The van der Waals surface area contributed by atoms with Gasteiger partial charge in [-0.05, 0) is 99.3 Å². The molecule has 2 heterocycles. The lowest BCUT2D eigenvalue weighted by Gasteiger charge is -2.39. The number of furan rings is 1. The van der Waals surface area contributed by atoms with Gasteiger partial charge in [-0.15, -0.1) is 0 Å². The highest BCUT2D eigenvalue weighted by Crippen LogP contribution is 2.30. The maximum atomic E-state index is 14.5. The van der Waals surface area contributed by atoms with E-state index in [0.29, 0.717) is 33.5 Å². The van der Waals surface area contributed by atoms with Crippen molar-refractivity contribution in [1.29, 1.82) is 0 Å². The number of aryl methyl sites for hydroxylation is 1. The first kappa shape index (κ1) is 34.1. The average molecular weight is 660 g/mol.